The van der Waals surface area contributed by atoms with E-state index >= 15 is 0 Å². The molecule has 0 saturated carbocycles. The zero-order chi connectivity index (χ0) is 26.1. The Bertz CT molecular complexity index is 1500. The van der Waals surface area contributed by atoms with Gasteiger partial charge in [-0.2, -0.15) is 0 Å². The van der Waals surface area contributed by atoms with E-state index in [-0.39, 0.29) is 11.4 Å². The molecule has 2 aromatic heterocycles. The minimum absolute atomic E-state index is 0.0681. The van der Waals surface area contributed by atoms with E-state index in [0.717, 1.165) is 54.8 Å². The monoisotopic (exact) mass is 563 g/mol. The van der Waals surface area contributed by atoms with Crippen molar-refractivity contribution in [1.82, 2.24) is 20.2 Å². The summed E-state index contributed by atoms with van der Waals surface area (Å²) in [5.74, 6) is 0. The molecule has 0 bridgehead atoms. The van der Waals surface area contributed by atoms with Crippen molar-refractivity contribution in [2.45, 2.75) is 24.8 Å². The molecule has 0 aliphatic carbocycles. The van der Waals surface area contributed by atoms with Crippen LogP contribution in [0.25, 0.3) is 16.3 Å². The highest BCUT2D eigenvalue weighted by Crippen LogP contribution is 2.50. The molecule has 2 aromatic carbocycles. The van der Waals surface area contributed by atoms with E-state index in [1.165, 1.54) is 10.3 Å². The van der Waals surface area contributed by atoms with Gasteiger partial charge in [0, 0.05) is 43.0 Å². The van der Waals surface area contributed by atoms with Crippen LogP contribution in [0.4, 0.5) is 10.5 Å². The molecule has 6 rings (SSSR count). The summed E-state index contributed by atoms with van der Waals surface area (Å²) < 4.78 is 1.18. The number of amides is 2. The lowest BCUT2D eigenvalue weighted by Crippen LogP contribution is -2.47. The van der Waals surface area contributed by atoms with Crippen molar-refractivity contribution in [3.63, 3.8) is 0 Å². The lowest BCUT2D eigenvalue weighted by Gasteiger charge is -2.39. The second-order valence-electron chi connectivity index (χ2n) is 9.92. The minimum Gasteiger partial charge on any atom is -0.334 e. The summed E-state index contributed by atoms with van der Waals surface area (Å²) >= 11 is 13.8. The van der Waals surface area contributed by atoms with Gasteiger partial charge in [0.05, 0.1) is 31.5 Å². The smallest absolute Gasteiger partial charge is 0.322 e. The number of carbonyl (C=O) groups is 1. The van der Waals surface area contributed by atoms with Gasteiger partial charge in [0.15, 0.2) is 0 Å². The van der Waals surface area contributed by atoms with Crippen molar-refractivity contribution in [2.24, 2.45) is 0 Å². The third kappa shape index (κ3) is 4.92. The van der Waals surface area contributed by atoms with Crippen LogP contribution in [0.1, 0.15) is 29.5 Å². The molecule has 0 atom stereocenters. The summed E-state index contributed by atoms with van der Waals surface area (Å²) in [6.45, 7) is 3.92. The fraction of sp³-hybridized carbons (Fsp3) is 0.276. The average Bonchev–Trinajstić information content (AvgIpc) is 3.54. The highest BCUT2D eigenvalue weighted by molar-refractivity contribution is 7.16. The first-order chi connectivity index (χ1) is 18.5. The topological polar surface area (TPSA) is 61.4 Å². The minimum atomic E-state index is -0.0964. The van der Waals surface area contributed by atoms with Crippen LogP contribution >= 0.6 is 34.5 Å². The molecule has 38 heavy (non-hydrogen) atoms. The van der Waals surface area contributed by atoms with Crippen molar-refractivity contribution < 1.29 is 4.79 Å². The van der Waals surface area contributed by atoms with Crippen molar-refractivity contribution in [2.75, 3.05) is 31.1 Å². The van der Waals surface area contributed by atoms with Gasteiger partial charge in [0.1, 0.15) is 0 Å². The first kappa shape index (κ1) is 25.3. The maximum Gasteiger partial charge on any atom is 0.322 e. The Hall–Kier alpha value is -2.97. The standard InChI is InChI=1S/C29H27Cl2N5OS/c30-22-4-3-20(16-23(22)31)2-1-13-35-14-9-29(10-15-35)18-36(28(37)33-17-21-7-11-32-12-8-21)24-5-6-25-27(26(24)29)34-19-38-25/h1-8,11-12,16,19H,9-10,13-15,17-18H2,(H,33,37)/b2-1+. The van der Waals surface area contributed by atoms with Gasteiger partial charge in [-0.1, -0.05) is 41.4 Å². The third-order valence-corrected chi connectivity index (χ3v) is 9.16. The number of likely N-dealkylation sites (tertiary alicyclic amines) is 1. The van der Waals surface area contributed by atoms with Crippen molar-refractivity contribution in [3.05, 3.63) is 93.2 Å². The summed E-state index contributed by atoms with van der Waals surface area (Å²) in [5, 5.41) is 4.24. The van der Waals surface area contributed by atoms with Crippen LogP contribution in [0.5, 0.6) is 0 Å². The molecular formula is C29H27Cl2N5OS. The second kappa shape index (κ2) is 10.7. The Morgan fingerprint density at radius 1 is 1.08 bits per heavy atom. The molecule has 1 spiro atoms. The Labute approximate surface area is 235 Å². The Morgan fingerprint density at radius 3 is 2.68 bits per heavy atom. The number of piperidine rings is 1. The van der Waals surface area contributed by atoms with Crippen LogP contribution < -0.4 is 10.2 Å². The van der Waals surface area contributed by atoms with Gasteiger partial charge in [0.2, 0.25) is 0 Å². The van der Waals surface area contributed by atoms with Gasteiger partial charge < -0.3 is 5.32 Å². The van der Waals surface area contributed by atoms with E-state index in [1.54, 1.807) is 23.7 Å². The van der Waals surface area contributed by atoms with Gasteiger partial charge in [-0.05, 0) is 73.5 Å². The number of thiazole rings is 1. The Kier molecular flexibility index (Phi) is 7.10. The number of hydrogen-bond donors (Lipinski definition) is 1. The van der Waals surface area contributed by atoms with E-state index in [4.69, 9.17) is 28.2 Å². The third-order valence-electron chi connectivity index (χ3n) is 7.63. The van der Waals surface area contributed by atoms with Gasteiger partial charge in [-0.3, -0.25) is 14.8 Å². The maximum absolute atomic E-state index is 13.4. The first-order valence-electron chi connectivity index (χ1n) is 12.7. The van der Waals surface area contributed by atoms with Crippen LogP contribution in [0.2, 0.25) is 10.0 Å². The van der Waals surface area contributed by atoms with Crippen LogP contribution in [0.15, 0.2) is 66.4 Å². The summed E-state index contributed by atoms with van der Waals surface area (Å²) in [6, 6.07) is 13.6. The SMILES string of the molecule is O=C(NCc1ccncc1)N1CC2(CCN(C/C=C/c3ccc(Cl)c(Cl)c3)CC2)c2c1ccc1scnc21. The molecule has 1 saturated heterocycles. The summed E-state index contributed by atoms with van der Waals surface area (Å²) in [4.78, 5) is 26.6. The molecule has 194 valence electrons. The second-order valence-corrected chi connectivity index (χ2v) is 11.6. The zero-order valence-corrected chi connectivity index (χ0v) is 23.1. The van der Waals surface area contributed by atoms with Crippen LogP contribution in [-0.2, 0) is 12.0 Å². The number of aromatic nitrogens is 2. The van der Waals surface area contributed by atoms with Crippen LogP contribution in [0.3, 0.4) is 0 Å². The predicted octanol–water partition coefficient (Wildman–Crippen LogP) is 6.77. The van der Waals surface area contributed by atoms with Crippen LogP contribution in [0, 0.1) is 0 Å². The van der Waals surface area contributed by atoms with E-state index in [9.17, 15) is 4.79 Å². The zero-order valence-electron chi connectivity index (χ0n) is 20.7. The Balaban J connectivity index is 1.18. The lowest BCUT2D eigenvalue weighted by molar-refractivity contribution is 0.180. The van der Waals surface area contributed by atoms with Crippen molar-refractivity contribution in [1.29, 1.82) is 0 Å². The molecule has 2 aliphatic rings. The number of carbonyl (C=O) groups excluding carboxylic acids is 1. The Morgan fingerprint density at radius 2 is 1.89 bits per heavy atom. The molecule has 1 fully saturated rings. The molecule has 0 unspecified atom stereocenters. The normalized spacial score (nSPS) is 16.9. The fourth-order valence-electron chi connectivity index (χ4n) is 5.62. The molecule has 4 aromatic rings. The number of nitrogens with zero attached hydrogens (tertiary/aromatic N) is 4. The number of halogens is 2. The van der Waals surface area contributed by atoms with E-state index in [1.807, 2.05) is 40.7 Å². The molecule has 9 heteroatoms. The maximum atomic E-state index is 13.4. The number of urea groups is 1. The molecule has 1 N–H and O–H groups in total. The molecular weight excluding hydrogens is 537 g/mol. The first-order valence-corrected chi connectivity index (χ1v) is 14.3. The quantitative estimate of drug-likeness (QED) is 0.291. The molecule has 2 amide bonds. The van der Waals surface area contributed by atoms with Crippen molar-refractivity contribution in [3.8, 4) is 0 Å². The van der Waals surface area contributed by atoms with E-state index in [2.05, 4.69) is 39.5 Å². The van der Waals surface area contributed by atoms with Crippen molar-refractivity contribution >= 4 is 62.5 Å². The molecule has 6 nitrogen and oxygen atoms in total. The number of pyridine rings is 1. The number of nitrogens with one attached hydrogen (secondary N) is 1. The molecule has 0 radical (unpaired) electrons. The number of benzene rings is 2. The van der Waals surface area contributed by atoms with E-state index in [0.29, 0.717) is 23.1 Å². The highest BCUT2D eigenvalue weighted by atomic mass is 35.5. The van der Waals surface area contributed by atoms with E-state index < -0.39 is 0 Å². The summed E-state index contributed by atoms with van der Waals surface area (Å²) in [7, 11) is 0. The number of hydrogen-bond acceptors (Lipinski definition) is 5. The summed E-state index contributed by atoms with van der Waals surface area (Å²) in [6.07, 6.45) is 9.71. The summed E-state index contributed by atoms with van der Waals surface area (Å²) in [5.41, 5.74) is 7.15. The van der Waals surface area contributed by atoms with Gasteiger partial charge in [0.25, 0.3) is 0 Å². The molecule has 4 heterocycles. The average molecular weight is 565 g/mol. The molecule has 2 aliphatic heterocycles. The predicted molar refractivity (Wildman–Crippen MR) is 156 cm³/mol. The lowest BCUT2D eigenvalue weighted by atomic mass is 9.74. The number of fused-ring (bicyclic) bond motifs is 4. The van der Waals surface area contributed by atoms with Crippen LogP contribution in [-0.4, -0.2) is 47.1 Å². The fourth-order valence-corrected chi connectivity index (χ4v) is 6.61. The van der Waals surface area contributed by atoms with Gasteiger partial charge in [-0.15, -0.1) is 11.3 Å². The van der Waals surface area contributed by atoms with Gasteiger partial charge >= 0.3 is 6.03 Å². The van der Waals surface area contributed by atoms with Gasteiger partial charge in [-0.25, -0.2) is 9.78 Å². The number of anilines is 1. The highest BCUT2D eigenvalue weighted by Gasteiger charge is 2.47. The number of rotatable bonds is 5. The largest absolute Gasteiger partial charge is 0.334 e.